The van der Waals surface area contributed by atoms with Crippen LogP contribution in [-0.4, -0.2) is 37.5 Å². The third kappa shape index (κ3) is 3.07. The first kappa shape index (κ1) is 13.5. The third-order valence-electron chi connectivity index (χ3n) is 2.52. The van der Waals surface area contributed by atoms with Crippen LogP contribution in [0.2, 0.25) is 0 Å². The van der Waals surface area contributed by atoms with Gasteiger partial charge in [0.05, 0.1) is 17.7 Å². The largest absolute Gasteiger partial charge is 0.508 e. The zero-order valence-electron chi connectivity index (χ0n) is 10.3. The summed E-state index contributed by atoms with van der Waals surface area (Å²) >= 11 is 0. The second-order valence-electron chi connectivity index (χ2n) is 3.88. The monoisotopic (exact) mass is 277 g/mol. The lowest BCUT2D eigenvalue weighted by atomic mass is 10.1. The van der Waals surface area contributed by atoms with Gasteiger partial charge in [-0.25, -0.2) is 0 Å². The summed E-state index contributed by atoms with van der Waals surface area (Å²) in [6.45, 7) is 0.618. The molecule has 9 nitrogen and oxygen atoms in total. The van der Waals surface area contributed by atoms with Crippen molar-refractivity contribution in [3.8, 4) is 5.75 Å². The maximum Gasteiger partial charge on any atom is 0.282 e. The van der Waals surface area contributed by atoms with E-state index >= 15 is 0 Å². The van der Waals surface area contributed by atoms with Crippen molar-refractivity contribution in [2.24, 2.45) is 0 Å². The molecule has 0 unspecified atom stereocenters. The fourth-order valence-electron chi connectivity index (χ4n) is 1.60. The number of carbonyl (C=O) groups excluding carboxylic acids is 1. The highest BCUT2D eigenvalue weighted by Gasteiger charge is 2.20. The van der Waals surface area contributed by atoms with Crippen LogP contribution in [0, 0.1) is 10.1 Å². The van der Waals surface area contributed by atoms with Crippen LogP contribution in [-0.2, 0) is 6.54 Å². The van der Waals surface area contributed by atoms with Gasteiger partial charge in [0.15, 0.2) is 0 Å². The van der Waals surface area contributed by atoms with Crippen LogP contribution in [0.15, 0.2) is 30.6 Å². The van der Waals surface area contributed by atoms with Crippen molar-refractivity contribution in [2.75, 3.05) is 6.54 Å². The first-order valence-electron chi connectivity index (χ1n) is 5.67. The number of nitrogens with zero attached hydrogens (tertiary/aromatic N) is 4. The van der Waals surface area contributed by atoms with Gasteiger partial charge >= 0.3 is 0 Å². The second kappa shape index (κ2) is 5.78. The van der Waals surface area contributed by atoms with Gasteiger partial charge in [0.2, 0.25) is 0 Å². The summed E-state index contributed by atoms with van der Waals surface area (Å²) in [5, 5.41) is 30.0. The molecule has 0 saturated carbocycles. The Kier molecular flexibility index (Phi) is 3.89. The standard InChI is InChI=1S/C11H11N5O4/c17-8-1-2-10(16(19)20)9(7-8)11(18)12-3-5-15-6-4-13-14-15/h1-2,4,6-7,17H,3,5H2,(H,12,18). The van der Waals surface area contributed by atoms with Crippen molar-refractivity contribution in [2.45, 2.75) is 6.54 Å². The fourth-order valence-corrected chi connectivity index (χ4v) is 1.60. The van der Waals surface area contributed by atoms with Crippen molar-refractivity contribution in [3.05, 3.63) is 46.3 Å². The summed E-state index contributed by atoms with van der Waals surface area (Å²) in [6.07, 6.45) is 3.13. The number of nitro groups is 1. The number of phenolic OH excluding ortho intramolecular Hbond substituents is 1. The second-order valence-corrected chi connectivity index (χ2v) is 3.88. The number of rotatable bonds is 5. The average molecular weight is 277 g/mol. The number of nitrogens with one attached hydrogen (secondary N) is 1. The molecule has 0 aliphatic carbocycles. The zero-order chi connectivity index (χ0) is 14.5. The number of hydrogen-bond donors (Lipinski definition) is 2. The van der Waals surface area contributed by atoms with Crippen molar-refractivity contribution in [1.82, 2.24) is 20.3 Å². The Bertz CT molecular complexity index is 626. The van der Waals surface area contributed by atoms with Crippen molar-refractivity contribution < 1.29 is 14.8 Å². The van der Waals surface area contributed by atoms with Crippen LogP contribution < -0.4 is 5.32 Å². The fraction of sp³-hybridized carbons (Fsp3) is 0.182. The molecule has 1 heterocycles. The van der Waals surface area contributed by atoms with E-state index in [1.54, 1.807) is 6.20 Å². The molecule has 1 aromatic carbocycles. The van der Waals surface area contributed by atoms with E-state index in [-0.39, 0.29) is 23.5 Å². The van der Waals surface area contributed by atoms with Crippen molar-refractivity contribution in [1.29, 1.82) is 0 Å². The normalized spacial score (nSPS) is 10.2. The van der Waals surface area contributed by atoms with Crippen LogP contribution in [0.1, 0.15) is 10.4 Å². The summed E-state index contributed by atoms with van der Waals surface area (Å²) in [5.41, 5.74) is -0.547. The molecule has 0 saturated heterocycles. The number of aromatic nitrogens is 3. The molecule has 104 valence electrons. The van der Waals surface area contributed by atoms with Crippen molar-refractivity contribution in [3.63, 3.8) is 0 Å². The van der Waals surface area contributed by atoms with E-state index in [0.717, 1.165) is 18.2 Å². The minimum absolute atomic E-state index is 0.186. The molecule has 9 heteroatoms. The Hall–Kier alpha value is -2.97. The molecule has 0 bridgehead atoms. The molecule has 2 rings (SSSR count). The molecule has 2 aromatic rings. The molecule has 2 N–H and O–H groups in total. The molecule has 20 heavy (non-hydrogen) atoms. The number of carbonyl (C=O) groups is 1. The minimum atomic E-state index is -0.675. The van der Waals surface area contributed by atoms with Crippen molar-refractivity contribution >= 4 is 11.6 Å². The Balaban J connectivity index is 2.05. The molecule has 1 amide bonds. The zero-order valence-corrected chi connectivity index (χ0v) is 10.3. The highest BCUT2D eigenvalue weighted by Crippen LogP contribution is 2.22. The summed E-state index contributed by atoms with van der Waals surface area (Å²) in [5.74, 6) is -0.843. The van der Waals surface area contributed by atoms with Gasteiger partial charge in [-0.15, -0.1) is 5.10 Å². The van der Waals surface area contributed by atoms with Gasteiger partial charge < -0.3 is 10.4 Å². The summed E-state index contributed by atoms with van der Waals surface area (Å²) < 4.78 is 1.51. The number of amides is 1. The van der Waals surface area contributed by atoms with Gasteiger partial charge in [-0.1, -0.05) is 5.21 Å². The van der Waals surface area contributed by atoms with Gasteiger partial charge in [-0.2, -0.15) is 0 Å². The van der Waals surface area contributed by atoms with Gasteiger partial charge in [-0.3, -0.25) is 19.6 Å². The predicted molar refractivity (Wildman–Crippen MR) is 67.1 cm³/mol. The van der Waals surface area contributed by atoms with Crippen LogP contribution >= 0.6 is 0 Å². The maximum absolute atomic E-state index is 11.9. The van der Waals surface area contributed by atoms with E-state index in [0.29, 0.717) is 6.54 Å². The van der Waals surface area contributed by atoms with Gasteiger partial charge in [0.25, 0.3) is 11.6 Å². The number of nitro benzene ring substituents is 1. The lowest BCUT2D eigenvalue weighted by Gasteiger charge is -2.06. The summed E-state index contributed by atoms with van der Waals surface area (Å²) in [6, 6.07) is 3.30. The summed E-state index contributed by atoms with van der Waals surface area (Å²) in [7, 11) is 0. The molecule has 0 spiro atoms. The highest BCUT2D eigenvalue weighted by molar-refractivity contribution is 5.98. The van der Waals surface area contributed by atoms with E-state index in [9.17, 15) is 20.0 Å². The minimum Gasteiger partial charge on any atom is -0.508 e. The summed E-state index contributed by atoms with van der Waals surface area (Å²) in [4.78, 5) is 22.0. The first-order chi connectivity index (χ1) is 9.58. The van der Waals surface area contributed by atoms with Crippen LogP contribution in [0.4, 0.5) is 5.69 Å². The topological polar surface area (TPSA) is 123 Å². The average Bonchev–Trinajstić information content (AvgIpc) is 2.91. The smallest absolute Gasteiger partial charge is 0.282 e. The van der Waals surface area contributed by atoms with E-state index in [4.69, 9.17) is 0 Å². The molecule has 0 atom stereocenters. The lowest BCUT2D eigenvalue weighted by Crippen LogP contribution is -2.28. The van der Waals surface area contributed by atoms with E-state index in [1.807, 2.05) is 0 Å². The van der Waals surface area contributed by atoms with Crippen LogP contribution in [0.5, 0.6) is 5.75 Å². The van der Waals surface area contributed by atoms with Gasteiger partial charge in [-0.05, 0) is 12.1 Å². The Morgan fingerprint density at radius 3 is 2.95 bits per heavy atom. The molecular weight excluding hydrogens is 266 g/mol. The number of aromatic hydroxyl groups is 1. The van der Waals surface area contributed by atoms with Crippen LogP contribution in [0.3, 0.4) is 0 Å². The Labute approximate surface area is 113 Å². The quantitative estimate of drug-likeness (QED) is 0.599. The Morgan fingerprint density at radius 1 is 1.50 bits per heavy atom. The number of hydrogen-bond acceptors (Lipinski definition) is 6. The Morgan fingerprint density at radius 2 is 2.30 bits per heavy atom. The maximum atomic E-state index is 11.9. The molecule has 0 fully saturated rings. The van der Waals surface area contributed by atoms with Gasteiger partial charge in [0, 0.05) is 18.8 Å². The SMILES string of the molecule is O=C(NCCn1ccnn1)c1cc(O)ccc1[N+](=O)[O-]. The molecule has 0 radical (unpaired) electrons. The van der Waals surface area contributed by atoms with E-state index in [1.165, 1.54) is 10.9 Å². The lowest BCUT2D eigenvalue weighted by molar-refractivity contribution is -0.385. The van der Waals surface area contributed by atoms with Crippen LogP contribution in [0.25, 0.3) is 0 Å². The number of phenols is 1. The van der Waals surface area contributed by atoms with E-state index in [2.05, 4.69) is 15.6 Å². The van der Waals surface area contributed by atoms with E-state index < -0.39 is 10.8 Å². The van der Waals surface area contributed by atoms with Gasteiger partial charge in [0.1, 0.15) is 11.3 Å². The third-order valence-corrected chi connectivity index (χ3v) is 2.52. The molecule has 0 aliphatic heterocycles. The molecular formula is C11H11N5O4. The first-order valence-corrected chi connectivity index (χ1v) is 5.67. The molecule has 0 aliphatic rings. The predicted octanol–water partition coefficient (Wildman–Crippen LogP) is 0.322. The molecule has 1 aromatic heterocycles. The highest BCUT2D eigenvalue weighted by atomic mass is 16.6. The number of benzene rings is 1.